The molecule has 2 rings (SSSR count). The zero-order valence-corrected chi connectivity index (χ0v) is 14.0. The Morgan fingerprint density at radius 3 is 2.42 bits per heavy atom. The van der Waals surface area contributed by atoms with Crippen LogP contribution in [0, 0.1) is 13.8 Å². The Morgan fingerprint density at radius 2 is 1.95 bits per heavy atom. The molecule has 1 aromatic carbocycles. The summed E-state index contributed by atoms with van der Waals surface area (Å²) in [6, 6.07) is 8.27. The number of nitrogens with two attached hydrogens (primary N) is 1. The summed E-state index contributed by atoms with van der Waals surface area (Å²) in [4.78, 5) is 1.16. The summed E-state index contributed by atoms with van der Waals surface area (Å²) in [6.45, 7) is 4.70. The number of aryl methyl sites for hydroxylation is 2. The van der Waals surface area contributed by atoms with Gasteiger partial charge in [0, 0.05) is 21.6 Å². The van der Waals surface area contributed by atoms with Crippen LogP contribution in [0.2, 0.25) is 4.34 Å². The zero-order valence-electron chi connectivity index (χ0n) is 10.8. The van der Waals surface area contributed by atoms with Crippen molar-refractivity contribution in [2.75, 3.05) is 11.9 Å². The Bertz CT molecular complexity index is 560. The Kier molecular flexibility index (Phi) is 4.90. The van der Waals surface area contributed by atoms with Gasteiger partial charge in [-0.05, 0) is 49.2 Å². The van der Waals surface area contributed by atoms with E-state index >= 15 is 0 Å². The number of halogens is 2. The van der Waals surface area contributed by atoms with E-state index in [0.717, 1.165) is 19.4 Å². The van der Waals surface area contributed by atoms with E-state index in [4.69, 9.17) is 17.3 Å². The summed E-state index contributed by atoms with van der Waals surface area (Å²) >= 11 is 11.1. The summed E-state index contributed by atoms with van der Waals surface area (Å²) in [5.74, 6) is 0. The molecule has 5 heteroatoms. The molecule has 2 nitrogen and oxygen atoms in total. The molecule has 102 valence electrons. The minimum Gasteiger partial charge on any atom is -0.376 e. The van der Waals surface area contributed by atoms with Crippen molar-refractivity contribution in [3.63, 3.8) is 0 Å². The largest absolute Gasteiger partial charge is 0.376 e. The molecule has 0 aliphatic rings. The van der Waals surface area contributed by atoms with Gasteiger partial charge in [-0.1, -0.05) is 27.5 Å². The van der Waals surface area contributed by atoms with Gasteiger partial charge in [0.1, 0.15) is 0 Å². The van der Waals surface area contributed by atoms with Crippen LogP contribution in [0.5, 0.6) is 0 Å². The van der Waals surface area contributed by atoms with Crippen molar-refractivity contribution in [1.82, 2.24) is 0 Å². The van der Waals surface area contributed by atoms with E-state index in [1.807, 2.05) is 12.1 Å². The second-order valence-electron chi connectivity index (χ2n) is 4.50. The molecule has 0 bridgehead atoms. The number of benzene rings is 1. The van der Waals surface area contributed by atoms with E-state index in [9.17, 15) is 0 Å². The van der Waals surface area contributed by atoms with Crippen LogP contribution in [0.15, 0.2) is 28.7 Å². The molecular formula is C14H16BrClN2S. The number of hydrogen-bond acceptors (Lipinski definition) is 3. The van der Waals surface area contributed by atoms with Crippen LogP contribution < -0.4 is 11.1 Å². The van der Waals surface area contributed by atoms with Gasteiger partial charge in [-0.3, -0.25) is 0 Å². The van der Waals surface area contributed by atoms with Gasteiger partial charge >= 0.3 is 0 Å². The van der Waals surface area contributed by atoms with Crippen LogP contribution in [0.1, 0.15) is 22.0 Å². The first-order valence-electron chi connectivity index (χ1n) is 6.00. The molecule has 2 aromatic rings. The predicted molar refractivity (Wildman–Crippen MR) is 88.4 cm³/mol. The highest BCUT2D eigenvalue weighted by atomic mass is 79.9. The lowest BCUT2D eigenvalue weighted by atomic mass is 10.1. The van der Waals surface area contributed by atoms with Crippen molar-refractivity contribution in [3.05, 3.63) is 49.1 Å². The molecule has 3 N–H and O–H groups in total. The number of anilines is 1. The molecule has 0 saturated carbocycles. The van der Waals surface area contributed by atoms with Crippen molar-refractivity contribution in [2.45, 2.75) is 19.9 Å². The van der Waals surface area contributed by atoms with Gasteiger partial charge in [0.05, 0.1) is 10.4 Å². The van der Waals surface area contributed by atoms with Crippen molar-refractivity contribution < 1.29 is 0 Å². The van der Waals surface area contributed by atoms with Crippen LogP contribution >= 0.6 is 38.9 Å². The highest BCUT2D eigenvalue weighted by molar-refractivity contribution is 9.10. The molecule has 19 heavy (non-hydrogen) atoms. The molecule has 1 aromatic heterocycles. The maximum Gasteiger partial charge on any atom is 0.0932 e. The van der Waals surface area contributed by atoms with Crippen LogP contribution in [0.4, 0.5) is 5.69 Å². The zero-order chi connectivity index (χ0) is 14.0. The van der Waals surface area contributed by atoms with Crippen LogP contribution in [-0.2, 0) is 0 Å². The number of thiophene rings is 1. The van der Waals surface area contributed by atoms with Crippen LogP contribution in [0.3, 0.4) is 0 Å². The second kappa shape index (κ2) is 6.27. The van der Waals surface area contributed by atoms with E-state index in [0.29, 0.717) is 6.54 Å². The summed E-state index contributed by atoms with van der Waals surface area (Å²) in [5, 5.41) is 3.47. The summed E-state index contributed by atoms with van der Waals surface area (Å²) in [7, 11) is 0. The standard InChI is InChI=1S/C14H16BrClN2S/c1-8-5-10(6-9(2)14(8)15)18-11(7-17)12-3-4-13(16)19-12/h3-6,11,18H,7,17H2,1-2H3. The molecule has 1 unspecified atom stereocenters. The smallest absolute Gasteiger partial charge is 0.0932 e. The third-order valence-electron chi connectivity index (χ3n) is 2.95. The topological polar surface area (TPSA) is 38.0 Å². The van der Waals surface area contributed by atoms with E-state index in [1.165, 1.54) is 11.1 Å². The minimum absolute atomic E-state index is 0.0949. The lowest BCUT2D eigenvalue weighted by Gasteiger charge is -2.18. The first kappa shape index (κ1) is 14.9. The van der Waals surface area contributed by atoms with Crippen LogP contribution in [-0.4, -0.2) is 6.54 Å². The number of rotatable bonds is 4. The van der Waals surface area contributed by atoms with Gasteiger partial charge < -0.3 is 11.1 Å². The van der Waals surface area contributed by atoms with Gasteiger partial charge in [-0.15, -0.1) is 11.3 Å². The fraction of sp³-hybridized carbons (Fsp3) is 0.286. The maximum absolute atomic E-state index is 5.98. The second-order valence-corrected chi connectivity index (χ2v) is 7.04. The van der Waals surface area contributed by atoms with Crippen molar-refractivity contribution >= 4 is 44.6 Å². The molecule has 0 saturated heterocycles. The van der Waals surface area contributed by atoms with Gasteiger partial charge in [-0.2, -0.15) is 0 Å². The van der Waals surface area contributed by atoms with E-state index in [-0.39, 0.29) is 6.04 Å². The highest BCUT2D eigenvalue weighted by Gasteiger charge is 2.13. The molecule has 1 atom stereocenters. The molecule has 1 heterocycles. The quantitative estimate of drug-likeness (QED) is 0.815. The van der Waals surface area contributed by atoms with Gasteiger partial charge in [0.2, 0.25) is 0 Å². The van der Waals surface area contributed by atoms with Gasteiger partial charge in [-0.25, -0.2) is 0 Å². The number of nitrogens with one attached hydrogen (secondary N) is 1. The molecule has 0 fully saturated rings. The van der Waals surface area contributed by atoms with Gasteiger partial charge in [0.15, 0.2) is 0 Å². The molecule has 0 aliphatic heterocycles. The van der Waals surface area contributed by atoms with E-state index in [1.54, 1.807) is 11.3 Å². The fourth-order valence-electron chi connectivity index (χ4n) is 1.99. The normalized spacial score (nSPS) is 12.5. The molecule has 0 aliphatic carbocycles. The minimum atomic E-state index is 0.0949. The lowest BCUT2D eigenvalue weighted by Crippen LogP contribution is -2.19. The van der Waals surface area contributed by atoms with Crippen LogP contribution in [0.25, 0.3) is 0 Å². The first-order valence-corrected chi connectivity index (χ1v) is 7.98. The molecular weight excluding hydrogens is 344 g/mol. The Balaban J connectivity index is 2.23. The molecule has 0 radical (unpaired) electrons. The van der Waals surface area contributed by atoms with E-state index < -0.39 is 0 Å². The number of hydrogen-bond donors (Lipinski definition) is 2. The average Bonchev–Trinajstić information content (AvgIpc) is 2.79. The lowest BCUT2D eigenvalue weighted by molar-refractivity contribution is 0.805. The van der Waals surface area contributed by atoms with E-state index in [2.05, 4.69) is 47.2 Å². The maximum atomic E-state index is 5.98. The fourth-order valence-corrected chi connectivity index (χ4v) is 3.35. The Morgan fingerprint density at radius 1 is 1.32 bits per heavy atom. The third-order valence-corrected chi connectivity index (χ3v) is 5.55. The predicted octanol–water partition coefficient (Wildman–Crippen LogP) is 4.89. The molecule has 0 spiro atoms. The average molecular weight is 360 g/mol. The first-order chi connectivity index (χ1) is 9.01. The summed E-state index contributed by atoms with van der Waals surface area (Å²) in [6.07, 6.45) is 0. The monoisotopic (exact) mass is 358 g/mol. The Labute approximate surface area is 131 Å². The SMILES string of the molecule is Cc1cc(NC(CN)c2ccc(Cl)s2)cc(C)c1Br. The van der Waals surface area contributed by atoms with Gasteiger partial charge in [0.25, 0.3) is 0 Å². The highest BCUT2D eigenvalue weighted by Crippen LogP contribution is 2.31. The summed E-state index contributed by atoms with van der Waals surface area (Å²) in [5.41, 5.74) is 9.36. The summed E-state index contributed by atoms with van der Waals surface area (Å²) < 4.78 is 1.94. The van der Waals surface area contributed by atoms with Crippen molar-refractivity contribution in [3.8, 4) is 0 Å². The third kappa shape index (κ3) is 3.51. The Hall–Kier alpha value is -0.550. The molecule has 0 amide bonds. The van der Waals surface area contributed by atoms with Crippen molar-refractivity contribution in [1.29, 1.82) is 0 Å². The van der Waals surface area contributed by atoms with Crippen molar-refractivity contribution in [2.24, 2.45) is 5.73 Å².